The highest BCUT2D eigenvalue weighted by atomic mass is 16.5. The molecule has 4 nitrogen and oxygen atoms in total. The summed E-state index contributed by atoms with van der Waals surface area (Å²) in [7, 11) is 1.48. The Balaban J connectivity index is 1.58. The lowest BCUT2D eigenvalue weighted by molar-refractivity contribution is -0.209. The van der Waals surface area contributed by atoms with E-state index in [1.807, 2.05) is 6.92 Å². The smallest absolute Gasteiger partial charge is 0.311 e. The van der Waals surface area contributed by atoms with Gasteiger partial charge in [-0.05, 0) is 104 Å². The predicted octanol–water partition coefficient (Wildman–Crippen LogP) is 6.29. The first kappa shape index (κ1) is 25.8. The van der Waals surface area contributed by atoms with Gasteiger partial charge in [-0.15, -0.1) is 0 Å². The van der Waals surface area contributed by atoms with Crippen molar-refractivity contribution in [2.24, 2.45) is 50.2 Å². The van der Waals surface area contributed by atoms with E-state index >= 15 is 0 Å². The third kappa shape index (κ3) is 3.08. The van der Waals surface area contributed by atoms with Crippen LogP contribution in [0.15, 0.2) is 11.6 Å². The summed E-state index contributed by atoms with van der Waals surface area (Å²) in [6, 6.07) is 0. The molecular formula is C31H50O4. The van der Waals surface area contributed by atoms with Crippen LogP contribution in [-0.2, 0) is 9.53 Å². The molecule has 5 rings (SSSR count). The molecule has 0 saturated heterocycles. The number of allylic oxidation sites excluding steroid dienone is 2. The van der Waals surface area contributed by atoms with Crippen LogP contribution < -0.4 is 0 Å². The number of hydrogen-bond donors (Lipinski definition) is 2. The first-order valence-corrected chi connectivity index (χ1v) is 14.3. The third-order valence-corrected chi connectivity index (χ3v) is 13.6. The fraction of sp³-hybridized carbons (Fsp3) is 0.903. The summed E-state index contributed by atoms with van der Waals surface area (Å²) in [5.41, 5.74) is 1.15. The van der Waals surface area contributed by atoms with Gasteiger partial charge >= 0.3 is 5.97 Å². The molecule has 4 heteroatoms. The molecule has 35 heavy (non-hydrogen) atoms. The second-order valence-electron chi connectivity index (χ2n) is 15.2. The average molecular weight is 487 g/mol. The van der Waals surface area contributed by atoms with Crippen LogP contribution in [0.1, 0.15) is 106 Å². The highest BCUT2D eigenvalue weighted by Gasteiger charge is 2.69. The molecule has 0 aliphatic heterocycles. The minimum Gasteiger partial charge on any atom is -0.469 e. The van der Waals surface area contributed by atoms with Crippen molar-refractivity contribution in [3.8, 4) is 0 Å². The van der Waals surface area contributed by atoms with Crippen LogP contribution in [0, 0.1) is 50.2 Å². The van der Waals surface area contributed by atoms with Gasteiger partial charge in [0.05, 0.1) is 24.7 Å². The molecule has 0 aromatic carbocycles. The molecule has 0 aromatic rings. The molecule has 0 bridgehead atoms. The number of aliphatic hydroxyl groups excluding tert-OH is 2. The normalized spacial score (nSPS) is 54.9. The first-order valence-electron chi connectivity index (χ1n) is 14.3. The summed E-state index contributed by atoms with van der Waals surface area (Å²) >= 11 is 0. The number of methoxy groups -OCH3 is 1. The van der Waals surface area contributed by atoms with Crippen molar-refractivity contribution in [3.05, 3.63) is 11.6 Å². The molecule has 4 fully saturated rings. The van der Waals surface area contributed by atoms with Crippen molar-refractivity contribution in [2.45, 2.75) is 118 Å². The highest BCUT2D eigenvalue weighted by molar-refractivity contribution is 5.76. The highest BCUT2D eigenvalue weighted by Crippen LogP contribution is 2.75. The van der Waals surface area contributed by atoms with Crippen LogP contribution in [0.25, 0.3) is 0 Å². The van der Waals surface area contributed by atoms with Gasteiger partial charge in [0.1, 0.15) is 0 Å². The van der Waals surface area contributed by atoms with E-state index < -0.39 is 11.5 Å². The van der Waals surface area contributed by atoms with Gasteiger partial charge in [-0.3, -0.25) is 4.79 Å². The molecule has 0 heterocycles. The lowest BCUT2D eigenvalue weighted by Crippen LogP contribution is -2.65. The number of esters is 1. The Hall–Kier alpha value is -0.870. The largest absolute Gasteiger partial charge is 0.469 e. The molecule has 4 saturated carbocycles. The van der Waals surface area contributed by atoms with E-state index in [1.165, 1.54) is 25.5 Å². The molecule has 198 valence electrons. The van der Waals surface area contributed by atoms with Gasteiger partial charge < -0.3 is 14.9 Å². The quantitative estimate of drug-likeness (QED) is 0.337. The van der Waals surface area contributed by atoms with E-state index in [0.717, 1.165) is 38.5 Å². The zero-order chi connectivity index (χ0) is 25.8. The number of aliphatic hydroxyl groups is 2. The number of carbonyl (C=O) groups is 1. The molecule has 0 unspecified atom stereocenters. The topological polar surface area (TPSA) is 66.8 Å². The van der Waals surface area contributed by atoms with Gasteiger partial charge in [-0.2, -0.15) is 0 Å². The molecule has 0 spiro atoms. The summed E-state index contributed by atoms with van der Waals surface area (Å²) in [5, 5.41) is 22.3. The van der Waals surface area contributed by atoms with E-state index in [1.54, 1.807) is 0 Å². The Morgan fingerprint density at radius 2 is 1.54 bits per heavy atom. The van der Waals surface area contributed by atoms with Crippen molar-refractivity contribution < 1.29 is 19.7 Å². The monoisotopic (exact) mass is 486 g/mol. The zero-order valence-corrected chi connectivity index (χ0v) is 23.5. The number of carbonyl (C=O) groups excluding carboxylic acids is 1. The maximum Gasteiger partial charge on any atom is 0.311 e. The summed E-state index contributed by atoms with van der Waals surface area (Å²) in [6.07, 6.45) is 10.7. The van der Waals surface area contributed by atoms with Crippen molar-refractivity contribution in [1.29, 1.82) is 0 Å². The van der Waals surface area contributed by atoms with E-state index in [4.69, 9.17) is 4.74 Å². The van der Waals surface area contributed by atoms with Gasteiger partial charge in [-0.1, -0.05) is 53.2 Å². The lowest BCUT2D eigenvalue weighted by Gasteiger charge is -2.71. The second kappa shape index (κ2) is 7.59. The summed E-state index contributed by atoms with van der Waals surface area (Å²) < 4.78 is 5.23. The van der Waals surface area contributed by atoms with Crippen molar-refractivity contribution in [1.82, 2.24) is 0 Å². The Bertz CT molecular complexity index is 938. The number of rotatable bonds is 1. The SMILES string of the molecule is COC(=O)[C@@]1(C)C[C@@H]2C3=CC[C@@H]4[C@@]5(C)CC[C@H](O)C(C)(C)[C@H]5CC[C@@]4(C)[C@]3(C)CC[C@@]2(C)[C@@H](O)C1. The molecular weight excluding hydrogens is 436 g/mol. The van der Waals surface area contributed by atoms with E-state index in [0.29, 0.717) is 18.3 Å². The Kier molecular flexibility index (Phi) is 5.59. The van der Waals surface area contributed by atoms with E-state index in [2.05, 4.69) is 47.6 Å². The Morgan fingerprint density at radius 3 is 2.20 bits per heavy atom. The number of hydrogen-bond acceptors (Lipinski definition) is 4. The standard InChI is InChI=1S/C31H50O4/c1-26(2)21-11-14-31(7)22(29(21,5)13-12-23(26)32)10-9-19-20-17-27(3,25(34)35-8)18-24(33)28(20,4)15-16-30(19,31)6/h9,20-24,32-33H,10-18H2,1-8H3/t20-,21-,22-,23+,24+,27+,28-,29+,30-,31-/m1/s1. The molecule has 0 aromatic heterocycles. The Labute approximate surface area is 213 Å². The van der Waals surface area contributed by atoms with Crippen LogP contribution in [0.3, 0.4) is 0 Å². The van der Waals surface area contributed by atoms with Gasteiger partial charge in [0, 0.05) is 5.41 Å². The third-order valence-electron chi connectivity index (χ3n) is 13.6. The molecule has 10 atom stereocenters. The summed E-state index contributed by atoms with van der Waals surface area (Å²) in [6.45, 7) is 16.5. The van der Waals surface area contributed by atoms with Gasteiger partial charge in [-0.25, -0.2) is 0 Å². The van der Waals surface area contributed by atoms with Gasteiger partial charge in [0.2, 0.25) is 0 Å². The Morgan fingerprint density at radius 1 is 0.857 bits per heavy atom. The van der Waals surface area contributed by atoms with Crippen LogP contribution >= 0.6 is 0 Å². The maximum absolute atomic E-state index is 12.9. The molecule has 0 amide bonds. The summed E-state index contributed by atoms with van der Waals surface area (Å²) in [4.78, 5) is 12.9. The van der Waals surface area contributed by atoms with Crippen molar-refractivity contribution >= 4 is 5.97 Å². The van der Waals surface area contributed by atoms with Crippen LogP contribution in [0.2, 0.25) is 0 Å². The fourth-order valence-electron chi connectivity index (χ4n) is 10.9. The minimum absolute atomic E-state index is 0.0415. The lowest BCUT2D eigenvalue weighted by atomic mass is 9.33. The summed E-state index contributed by atoms with van der Waals surface area (Å²) in [5.74, 6) is 1.17. The van der Waals surface area contributed by atoms with E-state index in [9.17, 15) is 15.0 Å². The van der Waals surface area contributed by atoms with Crippen molar-refractivity contribution in [2.75, 3.05) is 7.11 Å². The zero-order valence-electron chi connectivity index (χ0n) is 23.5. The first-order chi connectivity index (χ1) is 16.1. The van der Waals surface area contributed by atoms with Gasteiger partial charge in [0.15, 0.2) is 0 Å². The fourth-order valence-corrected chi connectivity index (χ4v) is 10.9. The van der Waals surface area contributed by atoms with E-state index in [-0.39, 0.29) is 45.1 Å². The minimum atomic E-state index is -0.637. The van der Waals surface area contributed by atoms with Crippen LogP contribution in [-0.4, -0.2) is 35.5 Å². The van der Waals surface area contributed by atoms with Crippen molar-refractivity contribution in [3.63, 3.8) is 0 Å². The molecule has 5 aliphatic carbocycles. The second-order valence-corrected chi connectivity index (χ2v) is 15.2. The average Bonchev–Trinajstić information content (AvgIpc) is 2.78. The molecule has 0 radical (unpaired) electrons. The van der Waals surface area contributed by atoms with Gasteiger partial charge in [0.25, 0.3) is 0 Å². The number of ether oxygens (including phenoxy) is 1. The molecule has 2 N–H and O–H groups in total. The van der Waals surface area contributed by atoms with Crippen LogP contribution in [0.4, 0.5) is 0 Å². The molecule has 5 aliphatic rings. The van der Waals surface area contributed by atoms with Crippen LogP contribution in [0.5, 0.6) is 0 Å². The number of fused-ring (bicyclic) bond motifs is 7. The predicted molar refractivity (Wildman–Crippen MR) is 138 cm³/mol. The maximum atomic E-state index is 12.9.